The second kappa shape index (κ2) is 9.71. The molecule has 0 heterocycles. The number of aryl methyl sites for hydroxylation is 2. The molecule has 0 unspecified atom stereocenters. The first-order valence-electron chi connectivity index (χ1n) is 7.67. The van der Waals surface area contributed by atoms with E-state index >= 15 is 0 Å². The minimum Gasteiger partial charge on any atom is -0.343 e. The van der Waals surface area contributed by atoms with Gasteiger partial charge in [-0.05, 0) is 48.9 Å². The molecule has 0 aromatic heterocycles. The Kier molecular flexibility index (Phi) is 8.69. The molecule has 0 fully saturated rings. The van der Waals surface area contributed by atoms with E-state index in [-0.39, 0.29) is 38.6 Å². The molecular weight excluding hydrogens is 337 g/mol. The second-order valence-electron chi connectivity index (χ2n) is 5.48. The molecule has 21 heavy (non-hydrogen) atoms. The molecule has 0 aliphatic heterocycles. The SMILES string of the molecule is [CH2-]CCCCCNN(C(C)=O)c1ccc2c(c1)CCC2.[Y]. The van der Waals surface area contributed by atoms with E-state index in [9.17, 15) is 4.79 Å². The average Bonchev–Trinajstić information content (AvgIpc) is 2.89. The van der Waals surface area contributed by atoms with Crippen molar-refractivity contribution in [1.29, 1.82) is 0 Å². The van der Waals surface area contributed by atoms with Crippen molar-refractivity contribution >= 4 is 11.6 Å². The Bertz CT molecular complexity index is 462. The zero-order valence-corrected chi connectivity index (χ0v) is 15.9. The number of nitrogens with one attached hydrogen (secondary N) is 1. The molecule has 3 nitrogen and oxygen atoms in total. The van der Waals surface area contributed by atoms with Gasteiger partial charge in [0.2, 0.25) is 5.91 Å². The summed E-state index contributed by atoms with van der Waals surface area (Å²) in [7, 11) is 0. The van der Waals surface area contributed by atoms with E-state index in [1.165, 1.54) is 24.0 Å². The van der Waals surface area contributed by atoms with Crippen LogP contribution in [0.25, 0.3) is 0 Å². The molecule has 1 aromatic carbocycles. The van der Waals surface area contributed by atoms with Crippen molar-refractivity contribution in [3.05, 3.63) is 36.2 Å². The van der Waals surface area contributed by atoms with Crippen LogP contribution in [0.15, 0.2) is 18.2 Å². The van der Waals surface area contributed by atoms with Crippen LogP contribution in [0.4, 0.5) is 5.69 Å². The molecule has 113 valence electrons. The van der Waals surface area contributed by atoms with Crippen LogP contribution in [0.5, 0.6) is 0 Å². The summed E-state index contributed by atoms with van der Waals surface area (Å²) in [5, 5.41) is 1.68. The smallest absolute Gasteiger partial charge is 0.238 e. The maximum Gasteiger partial charge on any atom is 0.238 e. The fourth-order valence-electron chi connectivity index (χ4n) is 2.75. The number of hydrazine groups is 1. The molecule has 0 atom stereocenters. The Morgan fingerprint density at radius 3 is 2.71 bits per heavy atom. The van der Waals surface area contributed by atoms with Crippen molar-refractivity contribution in [1.82, 2.24) is 5.43 Å². The molecule has 2 rings (SSSR count). The number of unbranched alkanes of at least 4 members (excludes halogenated alkanes) is 3. The quantitative estimate of drug-likeness (QED) is 0.458. The van der Waals surface area contributed by atoms with Crippen molar-refractivity contribution in [3.8, 4) is 0 Å². The van der Waals surface area contributed by atoms with E-state index in [1.54, 1.807) is 11.9 Å². The van der Waals surface area contributed by atoms with E-state index in [0.29, 0.717) is 0 Å². The van der Waals surface area contributed by atoms with Crippen molar-refractivity contribution < 1.29 is 37.5 Å². The summed E-state index contributed by atoms with van der Waals surface area (Å²) in [6.07, 6.45) is 7.92. The topological polar surface area (TPSA) is 32.3 Å². The Hall–Kier alpha value is -0.246. The van der Waals surface area contributed by atoms with Gasteiger partial charge >= 0.3 is 0 Å². The van der Waals surface area contributed by atoms with Crippen molar-refractivity contribution in [2.75, 3.05) is 11.6 Å². The van der Waals surface area contributed by atoms with Crippen molar-refractivity contribution in [2.24, 2.45) is 0 Å². The van der Waals surface area contributed by atoms with Gasteiger partial charge in [0.25, 0.3) is 0 Å². The molecule has 4 heteroatoms. The number of anilines is 1. The molecule has 0 saturated heterocycles. The minimum absolute atomic E-state index is 0. The average molecular weight is 362 g/mol. The first kappa shape index (κ1) is 18.8. The van der Waals surface area contributed by atoms with Crippen LogP contribution in [0, 0.1) is 6.92 Å². The van der Waals surface area contributed by atoms with Gasteiger partial charge in [0, 0.05) is 46.2 Å². The molecule has 1 aliphatic carbocycles. The number of nitrogens with zero attached hydrogens (tertiary/aromatic N) is 1. The van der Waals surface area contributed by atoms with E-state index < -0.39 is 0 Å². The summed E-state index contributed by atoms with van der Waals surface area (Å²) in [4.78, 5) is 11.8. The van der Waals surface area contributed by atoms with Crippen LogP contribution in [-0.4, -0.2) is 12.5 Å². The Balaban J connectivity index is 0.00000220. The van der Waals surface area contributed by atoms with Crippen molar-refractivity contribution in [3.63, 3.8) is 0 Å². The van der Waals surface area contributed by atoms with Crippen LogP contribution in [0.3, 0.4) is 0 Å². The van der Waals surface area contributed by atoms with Gasteiger partial charge in [0.05, 0.1) is 5.69 Å². The van der Waals surface area contributed by atoms with Gasteiger partial charge < -0.3 is 6.92 Å². The number of hydrogen-bond acceptors (Lipinski definition) is 2. The van der Waals surface area contributed by atoms with Crippen LogP contribution in [0.1, 0.15) is 50.2 Å². The number of fused-ring (bicyclic) bond motifs is 1. The first-order chi connectivity index (χ1) is 9.72. The summed E-state index contributed by atoms with van der Waals surface area (Å²) in [5.41, 5.74) is 7.05. The summed E-state index contributed by atoms with van der Waals surface area (Å²) in [6, 6.07) is 6.37. The maximum absolute atomic E-state index is 11.8. The zero-order chi connectivity index (χ0) is 14.4. The number of rotatable bonds is 7. The van der Waals surface area contributed by atoms with E-state index in [0.717, 1.165) is 44.3 Å². The van der Waals surface area contributed by atoms with Gasteiger partial charge in [-0.15, -0.1) is 0 Å². The van der Waals surface area contributed by atoms with E-state index in [2.05, 4.69) is 30.5 Å². The molecular formula is C17H25N2OY-. The van der Waals surface area contributed by atoms with Crippen LogP contribution < -0.4 is 10.4 Å². The summed E-state index contributed by atoms with van der Waals surface area (Å²) < 4.78 is 0. The molecule has 1 amide bonds. The van der Waals surface area contributed by atoms with Gasteiger partial charge in [-0.25, -0.2) is 10.4 Å². The third-order valence-electron chi connectivity index (χ3n) is 3.85. The molecule has 0 bridgehead atoms. The van der Waals surface area contributed by atoms with Crippen LogP contribution >= 0.6 is 0 Å². The number of hydrogen-bond donors (Lipinski definition) is 1. The Labute approximate surface area is 153 Å². The molecule has 1 aromatic rings. The van der Waals surface area contributed by atoms with Crippen LogP contribution in [0.2, 0.25) is 0 Å². The largest absolute Gasteiger partial charge is 0.343 e. The molecule has 0 saturated carbocycles. The number of benzene rings is 1. The molecule has 1 aliphatic rings. The Morgan fingerprint density at radius 2 is 2.00 bits per heavy atom. The zero-order valence-electron chi connectivity index (χ0n) is 13.0. The molecule has 1 N–H and O–H groups in total. The Morgan fingerprint density at radius 1 is 1.24 bits per heavy atom. The maximum atomic E-state index is 11.8. The normalized spacial score (nSPS) is 12.7. The van der Waals surface area contributed by atoms with Crippen molar-refractivity contribution in [2.45, 2.75) is 51.9 Å². The fourth-order valence-corrected chi connectivity index (χ4v) is 2.75. The number of carbonyl (C=O) groups excluding carboxylic acids is 1. The minimum atomic E-state index is 0. The van der Waals surface area contributed by atoms with Gasteiger partial charge in [-0.1, -0.05) is 18.9 Å². The van der Waals surface area contributed by atoms with Gasteiger partial charge in [-0.3, -0.25) is 4.79 Å². The van der Waals surface area contributed by atoms with Gasteiger partial charge in [-0.2, -0.15) is 6.42 Å². The first-order valence-corrected chi connectivity index (χ1v) is 7.67. The van der Waals surface area contributed by atoms with Gasteiger partial charge in [0.1, 0.15) is 0 Å². The molecule has 0 spiro atoms. The molecule has 1 radical (unpaired) electrons. The predicted molar refractivity (Wildman–Crippen MR) is 83.5 cm³/mol. The summed E-state index contributed by atoms with van der Waals surface area (Å²) >= 11 is 0. The number of amides is 1. The predicted octanol–water partition coefficient (Wildman–Crippen LogP) is 3.42. The third kappa shape index (κ3) is 5.47. The summed E-state index contributed by atoms with van der Waals surface area (Å²) in [6.45, 7) is 6.28. The van der Waals surface area contributed by atoms with Crippen LogP contribution in [-0.2, 0) is 50.3 Å². The van der Waals surface area contributed by atoms with Gasteiger partial charge in [0.15, 0.2) is 0 Å². The second-order valence-corrected chi connectivity index (χ2v) is 5.48. The number of carbonyl (C=O) groups is 1. The monoisotopic (exact) mass is 362 g/mol. The summed E-state index contributed by atoms with van der Waals surface area (Å²) in [5.74, 6) is 0.0418. The van der Waals surface area contributed by atoms with E-state index in [1.807, 2.05) is 0 Å². The fraction of sp³-hybridized carbons (Fsp3) is 0.529. The standard InChI is InChI=1S/C17H25N2O.Y/c1-3-4-5-6-12-18-19(14(2)20)17-11-10-15-8-7-9-16(15)13-17;/h10-11,13,18H,1,3-9,12H2,2H3;/q-1;. The third-order valence-corrected chi connectivity index (χ3v) is 3.85. The van der Waals surface area contributed by atoms with E-state index in [4.69, 9.17) is 0 Å².